The fraction of sp³-hybridized carbons (Fsp3) is 0.250. The second kappa shape index (κ2) is 8.88. The molecule has 0 spiro atoms. The number of thioether (sulfide) groups is 2. The molecule has 1 saturated heterocycles. The predicted octanol–water partition coefficient (Wildman–Crippen LogP) is 2.25. The molecule has 0 saturated carbocycles. The minimum atomic E-state index is -1.09. The Kier molecular flexibility index (Phi) is 6.05. The van der Waals surface area contributed by atoms with Gasteiger partial charge in [-0.3, -0.25) is 14.5 Å². The number of carbonyl (C=O) groups excluding carboxylic acids is 2. The largest absolute Gasteiger partial charge is 0.477 e. The molecule has 2 aliphatic rings. The standard InChI is InChI=1S/C20H18N4O4S2/c25-15(10-12-4-2-1-3-5-12)23-16-17(22-8-7-21-16)30-11-13-18(26)24-14(20(27)28)6-9-29-19(13)24/h1-8,13,19H,9-11H2,(H,27,28)(H,21,23,25). The normalized spacial score (nSPS) is 20.1. The monoisotopic (exact) mass is 442 g/mol. The lowest BCUT2D eigenvalue weighted by molar-refractivity contribution is -0.151. The SMILES string of the molecule is O=C(Cc1ccccc1)Nc1nccnc1SCC1C(=O)N2C(C(=O)O)=CCSC12. The highest BCUT2D eigenvalue weighted by molar-refractivity contribution is 8.00. The van der Waals surface area contributed by atoms with Crippen molar-refractivity contribution < 1.29 is 19.5 Å². The molecule has 154 valence electrons. The van der Waals surface area contributed by atoms with Crippen molar-refractivity contribution in [2.75, 3.05) is 16.8 Å². The lowest BCUT2D eigenvalue weighted by Crippen LogP contribution is -2.61. The molecule has 0 aliphatic carbocycles. The third-order valence-electron chi connectivity index (χ3n) is 4.71. The number of aromatic nitrogens is 2. The molecule has 1 aromatic heterocycles. The smallest absolute Gasteiger partial charge is 0.352 e. The first-order valence-corrected chi connectivity index (χ1v) is 11.2. The van der Waals surface area contributed by atoms with Crippen LogP contribution in [0.1, 0.15) is 5.56 Å². The number of benzene rings is 1. The van der Waals surface area contributed by atoms with Gasteiger partial charge in [-0.05, 0) is 11.6 Å². The summed E-state index contributed by atoms with van der Waals surface area (Å²) < 4.78 is 0. The zero-order chi connectivity index (χ0) is 21.1. The van der Waals surface area contributed by atoms with Crippen LogP contribution in [0, 0.1) is 5.92 Å². The Morgan fingerprint density at radius 2 is 2.00 bits per heavy atom. The van der Waals surface area contributed by atoms with Crippen LogP contribution in [0.3, 0.4) is 0 Å². The number of carbonyl (C=O) groups is 3. The predicted molar refractivity (Wildman–Crippen MR) is 114 cm³/mol. The van der Waals surface area contributed by atoms with Crippen molar-refractivity contribution in [3.8, 4) is 0 Å². The molecule has 2 atom stereocenters. The van der Waals surface area contributed by atoms with Crippen molar-refractivity contribution in [3.63, 3.8) is 0 Å². The van der Waals surface area contributed by atoms with Gasteiger partial charge in [0.25, 0.3) is 0 Å². The van der Waals surface area contributed by atoms with Gasteiger partial charge >= 0.3 is 5.97 Å². The number of rotatable bonds is 7. The Bertz CT molecular complexity index is 1010. The number of amides is 2. The summed E-state index contributed by atoms with van der Waals surface area (Å²) in [6.07, 6.45) is 4.82. The van der Waals surface area contributed by atoms with E-state index in [1.165, 1.54) is 29.1 Å². The maximum atomic E-state index is 12.5. The van der Waals surface area contributed by atoms with Crippen LogP contribution in [-0.2, 0) is 20.8 Å². The summed E-state index contributed by atoms with van der Waals surface area (Å²) in [5.74, 6) is -0.450. The van der Waals surface area contributed by atoms with Gasteiger partial charge in [-0.2, -0.15) is 0 Å². The highest BCUT2D eigenvalue weighted by Gasteiger charge is 2.51. The van der Waals surface area contributed by atoms with Crippen LogP contribution in [0.2, 0.25) is 0 Å². The summed E-state index contributed by atoms with van der Waals surface area (Å²) >= 11 is 2.88. The molecule has 3 heterocycles. The van der Waals surface area contributed by atoms with Crippen LogP contribution in [0.5, 0.6) is 0 Å². The van der Waals surface area contributed by atoms with Gasteiger partial charge in [0.2, 0.25) is 11.8 Å². The van der Waals surface area contributed by atoms with Crippen molar-refractivity contribution in [2.45, 2.75) is 16.8 Å². The van der Waals surface area contributed by atoms with Crippen molar-refractivity contribution in [1.29, 1.82) is 0 Å². The number of nitrogens with zero attached hydrogens (tertiary/aromatic N) is 3. The fourth-order valence-corrected chi connectivity index (χ4v) is 5.70. The molecule has 2 aromatic rings. The van der Waals surface area contributed by atoms with Crippen LogP contribution in [0.4, 0.5) is 5.82 Å². The number of aliphatic carboxylic acids is 1. The fourth-order valence-electron chi connectivity index (χ4n) is 3.28. The molecule has 2 unspecified atom stereocenters. The van der Waals surface area contributed by atoms with E-state index in [0.717, 1.165) is 5.56 Å². The molecule has 30 heavy (non-hydrogen) atoms. The maximum absolute atomic E-state index is 12.5. The third-order valence-corrected chi connectivity index (χ3v) is 7.04. The van der Waals surface area contributed by atoms with Gasteiger partial charge in [0, 0.05) is 23.9 Å². The minimum absolute atomic E-state index is 0.0540. The first kappa shape index (κ1) is 20.4. The number of hydrogen-bond acceptors (Lipinski definition) is 7. The number of carboxylic acid groups (broad SMARTS) is 1. The molecule has 2 aliphatic heterocycles. The molecule has 4 rings (SSSR count). The molecule has 0 bridgehead atoms. The number of nitrogens with one attached hydrogen (secondary N) is 1. The van der Waals surface area contributed by atoms with E-state index in [4.69, 9.17) is 0 Å². The Morgan fingerprint density at radius 1 is 1.23 bits per heavy atom. The average molecular weight is 443 g/mol. The second-order valence-electron chi connectivity index (χ2n) is 6.66. The Balaban J connectivity index is 1.38. The summed E-state index contributed by atoms with van der Waals surface area (Å²) in [7, 11) is 0. The highest BCUT2D eigenvalue weighted by atomic mass is 32.2. The molecular weight excluding hydrogens is 424 g/mol. The van der Waals surface area contributed by atoms with Crippen LogP contribution in [0.15, 0.2) is 59.5 Å². The van der Waals surface area contributed by atoms with Gasteiger partial charge in [-0.1, -0.05) is 30.3 Å². The lowest BCUT2D eigenvalue weighted by atomic mass is 9.99. The molecule has 8 nitrogen and oxygen atoms in total. The van der Waals surface area contributed by atoms with E-state index in [1.54, 1.807) is 17.8 Å². The molecular formula is C20H18N4O4S2. The third kappa shape index (κ3) is 4.19. The summed E-state index contributed by atoms with van der Waals surface area (Å²) in [4.78, 5) is 46.0. The zero-order valence-corrected chi connectivity index (χ0v) is 17.4. The van der Waals surface area contributed by atoms with Gasteiger partial charge in [0.15, 0.2) is 5.82 Å². The molecule has 2 N–H and O–H groups in total. The van der Waals surface area contributed by atoms with Crippen LogP contribution < -0.4 is 5.32 Å². The van der Waals surface area contributed by atoms with Gasteiger partial charge in [0.1, 0.15) is 10.7 Å². The number of carboxylic acids is 1. The molecule has 1 aromatic carbocycles. The Labute approximate surface area is 181 Å². The topological polar surface area (TPSA) is 112 Å². The average Bonchev–Trinajstić information content (AvgIpc) is 2.74. The maximum Gasteiger partial charge on any atom is 0.352 e. The highest BCUT2D eigenvalue weighted by Crippen LogP contribution is 2.43. The number of fused-ring (bicyclic) bond motifs is 1. The lowest BCUT2D eigenvalue weighted by Gasteiger charge is -2.48. The molecule has 10 heteroatoms. The van der Waals surface area contributed by atoms with E-state index < -0.39 is 5.97 Å². The number of anilines is 1. The second-order valence-corrected chi connectivity index (χ2v) is 8.82. The Hall–Kier alpha value is -2.85. The van der Waals surface area contributed by atoms with Crippen LogP contribution >= 0.6 is 23.5 Å². The van der Waals surface area contributed by atoms with E-state index in [0.29, 0.717) is 22.3 Å². The minimum Gasteiger partial charge on any atom is -0.477 e. The molecule has 2 amide bonds. The molecule has 0 radical (unpaired) electrons. The summed E-state index contributed by atoms with van der Waals surface area (Å²) in [6, 6.07) is 9.39. The van der Waals surface area contributed by atoms with E-state index in [2.05, 4.69) is 15.3 Å². The number of β-lactam (4-membered cyclic amide) rings is 1. The first-order valence-electron chi connectivity index (χ1n) is 9.20. The first-order chi connectivity index (χ1) is 14.5. The van der Waals surface area contributed by atoms with E-state index in [9.17, 15) is 19.5 Å². The number of hydrogen-bond donors (Lipinski definition) is 2. The van der Waals surface area contributed by atoms with E-state index in [1.807, 2.05) is 30.3 Å². The summed E-state index contributed by atoms with van der Waals surface area (Å²) in [5.41, 5.74) is 0.947. The summed E-state index contributed by atoms with van der Waals surface area (Å²) in [6.45, 7) is 0. The van der Waals surface area contributed by atoms with Crippen molar-refractivity contribution in [3.05, 3.63) is 60.1 Å². The Morgan fingerprint density at radius 3 is 2.77 bits per heavy atom. The summed E-state index contributed by atoms with van der Waals surface area (Å²) in [5, 5.41) is 12.4. The van der Waals surface area contributed by atoms with Crippen molar-refractivity contribution in [2.24, 2.45) is 5.92 Å². The van der Waals surface area contributed by atoms with Crippen LogP contribution in [0.25, 0.3) is 0 Å². The van der Waals surface area contributed by atoms with Gasteiger partial charge in [-0.25, -0.2) is 14.8 Å². The van der Waals surface area contributed by atoms with Crippen molar-refractivity contribution >= 4 is 47.1 Å². The van der Waals surface area contributed by atoms with E-state index >= 15 is 0 Å². The van der Waals surface area contributed by atoms with E-state index in [-0.39, 0.29) is 35.2 Å². The van der Waals surface area contributed by atoms with Crippen molar-refractivity contribution in [1.82, 2.24) is 14.9 Å². The van der Waals surface area contributed by atoms with Crippen LogP contribution in [-0.4, -0.2) is 54.6 Å². The zero-order valence-electron chi connectivity index (χ0n) is 15.7. The van der Waals surface area contributed by atoms with Gasteiger partial charge < -0.3 is 10.4 Å². The van der Waals surface area contributed by atoms with Gasteiger partial charge in [0.05, 0.1) is 17.7 Å². The molecule has 1 fully saturated rings. The van der Waals surface area contributed by atoms with Gasteiger partial charge in [-0.15, -0.1) is 23.5 Å². The quantitative estimate of drug-likeness (QED) is 0.496.